The summed E-state index contributed by atoms with van der Waals surface area (Å²) in [4.78, 5) is 20.4. The molecule has 0 aliphatic heterocycles. The first-order valence-electron chi connectivity index (χ1n) is 8.64. The number of aromatic nitrogens is 2. The molecule has 0 amide bonds. The number of benzene rings is 3. The fourth-order valence-electron chi connectivity index (χ4n) is 2.80. The fourth-order valence-corrected chi connectivity index (χ4v) is 3.62. The molecule has 0 aliphatic rings. The lowest BCUT2D eigenvalue weighted by Crippen LogP contribution is -2.16. The first-order chi connectivity index (χ1) is 14.3. The van der Waals surface area contributed by atoms with Crippen LogP contribution in [0.5, 0.6) is 5.75 Å². The Morgan fingerprint density at radius 1 is 0.967 bits per heavy atom. The summed E-state index contributed by atoms with van der Waals surface area (Å²) in [5.74, 6) is -0.670. The van der Waals surface area contributed by atoms with E-state index in [1.807, 2.05) is 24.3 Å². The van der Waals surface area contributed by atoms with Crippen molar-refractivity contribution in [3.05, 3.63) is 72.3 Å². The van der Waals surface area contributed by atoms with Gasteiger partial charge in [0.05, 0.1) is 16.6 Å². The minimum atomic E-state index is -4.71. The molecule has 1 heterocycles. The number of halogens is 3. The number of carboxylic acid groups (broad SMARTS) is 1. The molecule has 4 aromatic rings. The average Bonchev–Trinajstić information content (AvgIpc) is 3.12. The molecule has 4 rings (SSSR count). The van der Waals surface area contributed by atoms with E-state index in [2.05, 4.69) is 14.7 Å². The number of H-pyrrole nitrogens is 1. The van der Waals surface area contributed by atoms with Crippen molar-refractivity contribution in [2.75, 3.05) is 0 Å². The number of aromatic amines is 1. The number of imidazole rings is 1. The van der Waals surface area contributed by atoms with Crippen molar-refractivity contribution in [1.29, 1.82) is 0 Å². The van der Waals surface area contributed by atoms with Gasteiger partial charge in [-0.3, -0.25) is 0 Å². The van der Waals surface area contributed by atoms with Crippen LogP contribution in [0.1, 0.15) is 10.4 Å². The van der Waals surface area contributed by atoms with Gasteiger partial charge in [-0.1, -0.05) is 23.9 Å². The molecule has 0 aliphatic carbocycles. The first kappa shape index (κ1) is 19.8. The number of carboxylic acids is 1. The van der Waals surface area contributed by atoms with E-state index in [1.54, 1.807) is 18.2 Å². The van der Waals surface area contributed by atoms with Gasteiger partial charge < -0.3 is 14.8 Å². The molecule has 9 heteroatoms. The van der Waals surface area contributed by atoms with Crippen LogP contribution in [0.4, 0.5) is 13.2 Å². The Balaban J connectivity index is 1.49. The minimum absolute atomic E-state index is 0.166. The SMILES string of the molecule is O=C(O)c1ccc2[nH]c(-c3ccc(Sc4ccc(OC(F)(F)F)cc4)cc3)nc2c1. The van der Waals surface area contributed by atoms with Gasteiger partial charge in [-0.25, -0.2) is 9.78 Å². The van der Waals surface area contributed by atoms with Crippen molar-refractivity contribution in [3.63, 3.8) is 0 Å². The summed E-state index contributed by atoms with van der Waals surface area (Å²) in [5.41, 5.74) is 2.28. The van der Waals surface area contributed by atoms with E-state index in [9.17, 15) is 18.0 Å². The Morgan fingerprint density at radius 2 is 1.60 bits per heavy atom. The predicted molar refractivity (Wildman–Crippen MR) is 106 cm³/mol. The number of hydrogen-bond acceptors (Lipinski definition) is 4. The number of carbonyl (C=O) groups is 1. The van der Waals surface area contributed by atoms with Gasteiger partial charge in [0.2, 0.25) is 0 Å². The molecule has 0 radical (unpaired) electrons. The van der Waals surface area contributed by atoms with Gasteiger partial charge >= 0.3 is 12.3 Å². The molecule has 0 spiro atoms. The Hall–Kier alpha value is -3.46. The molecular weight excluding hydrogens is 417 g/mol. The van der Waals surface area contributed by atoms with E-state index in [0.717, 1.165) is 20.9 Å². The monoisotopic (exact) mass is 430 g/mol. The summed E-state index contributed by atoms with van der Waals surface area (Å²) in [6.45, 7) is 0. The van der Waals surface area contributed by atoms with E-state index >= 15 is 0 Å². The molecular formula is C21H13F3N2O3S. The Kier molecular flexibility index (Phi) is 5.13. The lowest BCUT2D eigenvalue weighted by molar-refractivity contribution is -0.274. The number of alkyl halides is 3. The number of fused-ring (bicyclic) bond motifs is 1. The lowest BCUT2D eigenvalue weighted by Gasteiger charge is -2.09. The second kappa shape index (κ2) is 7.75. The summed E-state index contributed by atoms with van der Waals surface area (Å²) < 4.78 is 40.5. The highest BCUT2D eigenvalue weighted by Gasteiger charge is 2.30. The van der Waals surface area contributed by atoms with Crippen molar-refractivity contribution in [2.45, 2.75) is 16.2 Å². The van der Waals surface area contributed by atoms with Gasteiger partial charge in [0.1, 0.15) is 11.6 Å². The molecule has 0 bridgehead atoms. The van der Waals surface area contributed by atoms with Crippen LogP contribution in [0.2, 0.25) is 0 Å². The summed E-state index contributed by atoms with van der Waals surface area (Å²) in [6, 6.07) is 17.8. The Labute approximate surface area is 172 Å². The number of hydrogen-bond donors (Lipinski definition) is 2. The van der Waals surface area contributed by atoms with Crippen molar-refractivity contribution < 1.29 is 27.8 Å². The fraction of sp³-hybridized carbons (Fsp3) is 0.0476. The van der Waals surface area contributed by atoms with Gasteiger partial charge in [0, 0.05) is 15.4 Å². The molecule has 0 saturated heterocycles. The molecule has 3 aromatic carbocycles. The third kappa shape index (κ3) is 4.57. The number of rotatable bonds is 5. The van der Waals surface area contributed by atoms with E-state index < -0.39 is 12.3 Å². The zero-order chi connectivity index (χ0) is 21.3. The molecule has 0 atom stereocenters. The molecule has 2 N–H and O–H groups in total. The van der Waals surface area contributed by atoms with Gasteiger partial charge in [0.25, 0.3) is 0 Å². The maximum absolute atomic E-state index is 12.2. The normalized spacial score (nSPS) is 11.6. The zero-order valence-corrected chi connectivity index (χ0v) is 15.9. The van der Waals surface area contributed by atoms with Crippen molar-refractivity contribution in [2.24, 2.45) is 0 Å². The topological polar surface area (TPSA) is 75.2 Å². The maximum Gasteiger partial charge on any atom is 0.573 e. The predicted octanol–water partition coefficient (Wildman–Crippen LogP) is 5.98. The van der Waals surface area contributed by atoms with Crippen LogP contribution in [0.3, 0.4) is 0 Å². The van der Waals surface area contributed by atoms with E-state index in [1.165, 1.54) is 36.0 Å². The molecule has 0 saturated carbocycles. The molecule has 30 heavy (non-hydrogen) atoms. The van der Waals surface area contributed by atoms with Crippen LogP contribution in [0.15, 0.2) is 76.5 Å². The van der Waals surface area contributed by atoms with Gasteiger partial charge in [-0.05, 0) is 54.6 Å². The smallest absolute Gasteiger partial charge is 0.478 e. The third-order valence-electron chi connectivity index (χ3n) is 4.15. The molecule has 5 nitrogen and oxygen atoms in total. The number of aromatic carboxylic acids is 1. The van der Waals surface area contributed by atoms with Crippen molar-refractivity contribution >= 4 is 28.8 Å². The van der Waals surface area contributed by atoms with E-state index in [4.69, 9.17) is 5.11 Å². The van der Waals surface area contributed by atoms with Crippen LogP contribution in [-0.2, 0) is 0 Å². The first-order valence-corrected chi connectivity index (χ1v) is 9.46. The van der Waals surface area contributed by atoms with Crippen LogP contribution < -0.4 is 4.74 Å². The zero-order valence-electron chi connectivity index (χ0n) is 15.1. The highest BCUT2D eigenvalue weighted by molar-refractivity contribution is 7.99. The number of nitrogens with one attached hydrogen (secondary N) is 1. The molecule has 1 aromatic heterocycles. The van der Waals surface area contributed by atoms with Crippen LogP contribution >= 0.6 is 11.8 Å². The summed E-state index contributed by atoms with van der Waals surface area (Å²) in [7, 11) is 0. The quantitative estimate of drug-likeness (QED) is 0.408. The third-order valence-corrected chi connectivity index (χ3v) is 5.17. The highest BCUT2D eigenvalue weighted by atomic mass is 32.2. The van der Waals surface area contributed by atoms with Crippen LogP contribution in [-0.4, -0.2) is 27.4 Å². The number of ether oxygens (including phenoxy) is 1. The minimum Gasteiger partial charge on any atom is -0.478 e. The molecule has 0 fully saturated rings. The largest absolute Gasteiger partial charge is 0.573 e. The van der Waals surface area contributed by atoms with Crippen molar-refractivity contribution in [3.8, 4) is 17.1 Å². The van der Waals surface area contributed by atoms with E-state index in [-0.39, 0.29) is 11.3 Å². The highest BCUT2D eigenvalue weighted by Crippen LogP contribution is 2.32. The summed E-state index contributed by atoms with van der Waals surface area (Å²) >= 11 is 1.40. The second-order valence-corrected chi connectivity index (χ2v) is 7.42. The van der Waals surface area contributed by atoms with Crippen LogP contribution in [0, 0.1) is 0 Å². The van der Waals surface area contributed by atoms with E-state index in [0.29, 0.717) is 11.3 Å². The average molecular weight is 430 g/mol. The summed E-state index contributed by atoms with van der Waals surface area (Å²) in [5, 5.41) is 9.09. The molecule has 0 unspecified atom stereocenters. The summed E-state index contributed by atoms with van der Waals surface area (Å²) in [6.07, 6.45) is -4.71. The Morgan fingerprint density at radius 3 is 2.20 bits per heavy atom. The standard InChI is InChI=1S/C21H13F3N2O3S/c22-21(23,24)29-14-4-8-16(9-5-14)30-15-6-1-12(2-7-15)19-25-17-10-3-13(20(27)28)11-18(17)26-19/h1-11H,(H,25,26)(H,27,28). The maximum atomic E-state index is 12.2. The van der Waals surface area contributed by atoms with Gasteiger partial charge in [-0.2, -0.15) is 0 Å². The van der Waals surface area contributed by atoms with Gasteiger partial charge in [-0.15, -0.1) is 13.2 Å². The molecule has 152 valence electrons. The van der Waals surface area contributed by atoms with Crippen LogP contribution in [0.25, 0.3) is 22.4 Å². The Bertz CT molecular complexity index is 1200. The lowest BCUT2D eigenvalue weighted by atomic mass is 10.2. The van der Waals surface area contributed by atoms with Gasteiger partial charge in [0.15, 0.2) is 0 Å². The second-order valence-electron chi connectivity index (χ2n) is 6.27. The number of nitrogens with zero attached hydrogens (tertiary/aromatic N) is 1. The van der Waals surface area contributed by atoms with Crippen molar-refractivity contribution in [1.82, 2.24) is 9.97 Å².